The Morgan fingerprint density at radius 1 is 0.784 bits per heavy atom. The summed E-state index contributed by atoms with van der Waals surface area (Å²) in [5.74, 6) is 0.771. The topological polar surface area (TPSA) is 57.6 Å². The summed E-state index contributed by atoms with van der Waals surface area (Å²) in [5, 5.41) is 2.00. The van der Waals surface area contributed by atoms with Crippen LogP contribution in [-0.2, 0) is 0 Å². The van der Waals surface area contributed by atoms with E-state index < -0.39 is 0 Å². The molecule has 0 aliphatic carbocycles. The van der Waals surface area contributed by atoms with Gasteiger partial charge >= 0.3 is 0 Å². The average molecular weight is 502 g/mol. The van der Waals surface area contributed by atoms with E-state index in [2.05, 4.69) is 113 Å². The maximum atomic E-state index is 4.36. The minimum atomic E-state index is 0.382. The van der Waals surface area contributed by atoms with Gasteiger partial charge in [0.15, 0.2) is 6.34 Å². The zero-order chi connectivity index (χ0) is 27.2. The third-order valence-corrected chi connectivity index (χ3v) is 7.44. The lowest BCUT2D eigenvalue weighted by atomic mass is 9.92. The van der Waals surface area contributed by atoms with E-state index >= 15 is 0 Å². The molecule has 37 heavy (non-hydrogen) atoms. The molecule has 1 aliphatic heterocycles. The number of aryl methyl sites for hydroxylation is 2. The van der Waals surface area contributed by atoms with Crippen LogP contribution in [0.15, 0.2) is 65.8 Å². The van der Waals surface area contributed by atoms with Crippen molar-refractivity contribution in [3.8, 4) is 0 Å². The third kappa shape index (κ3) is 9.12. The number of benzene rings is 2. The number of hydrogen-bond donors (Lipinski definition) is 2. The molecule has 4 nitrogen and oxygen atoms in total. The van der Waals surface area contributed by atoms with Crippen molar-refractivity contribution in [3.05, 3.63) is 99.9 Å². The highest BCUT2D eigenvalue weighted by molar-refractivity contribution is 5.50. The summed E-state index contributed by atoms with van der Waals surface area (Å²) in [4.78, 5) is 11.6. The fraction of sp³-hybridized carbons (Fsp3) is 0.455. The van der Waals surface area contributed by atoms with E-state index in [4.69, 9.17) is 0 Å². The van der Waals surface area contributed by atoms with E-state index in [0.717, 1.165) is 5.70 Å². The molecule has 3 N–H and O–H groups in total. The van der Waals surface area contributed by atoms with Gasteiger partial charge in [0.05, 0.1) is 6.33 Å². The average Bonchev–Trinajstić information content (AvgIpc) is 3.63. The van der Waals surface area contributed by atoms with E-state index in [-0.39, 0.29) is 0 Å². The largest absolute Gasteiger partial charge is 0.348 e. The number of aromatic amines is 1. The lowest BCUT2D eigenvalue weighted by Crippen LogP contribution is -2.74. The van der Waals surface area contributed by atoms with Gasteiger partial charge in [-0.05, 0) is 61.1 Å². The number of H-pyrrole nitrogens is 1. The molecule has 2 atom stereocenters. The van der Waals surface area contributed by atoms with E-state index in [0.29, 0.717) is 11.8 Å². The summed E-state index contributed by atoms with van der Waals surface area (Å²) in [6.45, 7) is 17.6. The standard InChI is InChI=1S/2C13H16N2.C7H16/c2*1-9-5-4-6-12(10(9)2)11(3)13-7-14-8-15-13;1-3-5-7-6-4-2/h2*4-8,11H,1-3H3,(H,14,15);3-7H2,1-2H3/p+1/t2*11-;/m11./s1. The Balaban J connectivity index is 0.000000210. The molecule has 2 heterocycles. The Hall–Kier alpha value is -2.98. The number of rotatable bonds is 8. The van der Waals surface area contributed by atoms with Crippen molar-refractivity contribution in [2.24, 2.45) is 4.99 Å². The fourth-order valence-electron chi connectivity index (χ4n) is 4.56. The summed E-state index contributed by atoms with van der Waals surface area (Å²) in [6, 6.07) is 12.9. The third-order valence-electron chi connectivity index (χ3n) is 7.44. The predicted molar refractivity (Wildman–Crippen MR) is 159 cm³/mol. The van der Waals surface area contributed by atoms with Gasteiger partial charge in [-0.25, -0.2) is 9.98 Å². The molecule has 4 heteroatoms. The first-order valence-corrected chi connectivity index (χ1v) is 14.0. The van der Waals surface area contributed by atoms with E-state index in [9.17, 15) is 0 Å². The summed E-state index contributed by atoms with van der Waals surface area (Å²) >= 11 is 0. The Kier molecular flexibility index (Phi) is 13.1. The highest BCUT2D eigenvalue weighted by Gasteiger charge is 2.17. The quantitative estimate of drug-likeness (QED) is 0.302. The van der Waals surface area contributed by atoms with E-state index in [1.807, 2.05) is 17.9 Å². The van der Waals surface area contributed by atoms with Crippen molar-refractivity contribution in [3.63, 3.8) is 0 Å². The van der Waals surface area contributed by atoms with Gasteiger partial charge in [-0.2, -0.15) is 0 Å². The summed E-state index contributed by atoms with van der Waals surface area (Å²) in [5.41, 5.74) is 10.5. The molecular weight excluding hydrogens is 452 g/mol. The van der Waals surface area contributed by atoms with Gasteiger partial charge in [0, 0.05) is 23.7 Å². The number of hydrogen-bond acceptors (Lipinski definition) is 2. The molecule has 0 saturated heterocycles. The minimum absolute atomic E-state index is 0.382. The number of nitrogens with one attached hydrogen (secondary N) is 1. The molecule has 4 rings (SSSR count). The predicted octanol–water partition coefficient (Wildman–Crippen LogP) is 8.01. The first-order chi connectivity index (χ1) is 17.8. The van der Waals surface area contributed by atoms with Gasteiger partial charge in [0.25, 0.3) is 0 Å². The SMILES string of the molecule is CCCCCCC.Cc1cccc([C@@H](C)C2=C[NH2+]C=N2)c1C.Cc1cccc([C@@H](C)c2cnc[nH]2)c1C. The van der Waals surface area contributed by atoms with Gasteiger partial charge in [0.1, 0.15) is 11.9 Å². The van der Waals surface area contributed by atoms with Crippen LogP contribution >= 0.6 is 0 Å². The zero-order valence-electron chi connectivity index (χ0n) is 24.4. The minimum Gasteiger partial charge on any atom is -0.348 e. The number of imidazole rings is 1. The Bertz CT molecular complexity index is 1120. The Morgan fingerprint density at radius 3 is 1.81 bits per heavy atom. The van der Waals surface area contributed by atoms with Crippen molar-refractivity contribution in [2.45, 2.75) is 99.3 Å². The van der Waals surface area contributed by atoms with Crippen molar-refractivity contribution >= 4 is 6.34 Å². The molecule has 1 aliphatic rings. The van der Waals surface area contributed by atoms with Crippen LogP contribution in [0.25, 0.3) is 0 Å². The highest BCUT2D eigenvalue weighted by Crippen LogP contribution is 2.28. The molecule has 0 amide bonds. The lowest BCUT2D eigenvalue weighted by Gasteiger charge is -2.14. The van der Waals surface area contributed by atoms with Crippen LogP contribution in [0.5, 0.6) is 0 Å². The molecule has 200 valence electrons. The van der Waals surface area contributed by atoms with E-state index in [1.54, 1.807) is 6.33 Å². The summed E-state index contributed by atoms with van der Waals surface area (Å²) < 4.78 is 0. The number of aromatic nitrogens is 2. The normalized spacial score (nSPS) is 13.7. The van der Waals surface area contributed by atoms with Crippen LogP contribution in [0.2, 0.25) is 0 Å². The van der Waals surface area contributed by atoms with Gasteiger partial charge in [-0.1, -0.05) is 96.2 Å². The smallest absolute Gasteiger partial charge is 0.191 e. The summed E-state index contributed by atoms with van der Waals surface area (Å²) in [7, 11) is 0. The number of unbranched alkanes of at least 4 members (excludes halogenated alkanes) is 4. The second-order valence-corrected chi connectivity index (χ2v) is 10.2. The number of nitrogens with two attached hydrogens (primary N) is 1. The fourth-order valence-corrected chi connectivity index (χ4v) is 4.56. The van der Waals surface area contributed by atoms with Crippen molar-refractivity contribution in [1.82, 2.24) is 9.97 Å². The molecular formula is C33H49N4+. The molecule has 0 bridgehead atoms. The first kappa shape index (κ1) is 30.2. The van der Waals surface area contributed by atoms with E-state index in [1.165, 1.54) is 71.2 Å². The molecule has 0 unspecified atom stereocenters. The van der Waals surface area contributed by atoms with Crippen LogP contribution in [0.3, 0.4) is 0 Å². The van der Waals surface area contributed by atoms with Gasteiger partial charge in [-0.15, -0.1) is 0 Å². The first-order valence-electron chi connectivity index (χ1n) is 14.0. The van der Waals surface area contributed by atoms with Gasteiger partial charge < -0.3 is 4.98 Å². The maximum absolute atomic E-state index is 4.36. The Labute approximate surface area is 225 Å². The Morgan fingerprint density at radius 2 is 1.35 bits per heavy atom. The van der Waals surface area contributed by atoms with Crippen molar-refractivity contribution in [1.29, 1.82) is 0 Å². The molecule has 0 spiro atoms. The molecule has 3 aromatic rings. The van der Waals surface area contributed by atoms with Gasteiger partial charge in [0.2, 0.25) is 0 Å². The second-order valence-electron chi connectivity index (χ2n) is 10.2. The zero-order valence-corrected chi connectivity index (χ0v) is 24.4. The van der Waals surface area contributed by atoms with Crippen LogP contribution in [0, 0.1) is 27.7 Å². The van der Waals surface area contributed by atoms with Crippen LogP contribution in [0.4, 0.5) is 0 Å². The molecule has 0 saturated carbocycles. The van der Waals surface area contributed by atoms with Crippen molar-refractivity contribution in [2.75, 3.05) is 0 Å². The monoisotopic (exact) mass is 501 g/mol. The second kappa shape index (κ2) is 16.0. The van der Waals surface area contributed by atoms with Crippen LogP contribution < -0.4 is 5.32 Å². The lowest BCUT2D eigenvalue weighted by molar-refractivity contribution is -0.447. The number of nitrogens with zero attached hydrogens (tertiary/aromatic N) is 2. The molecule has 1 aromatic heterocycles. The molecule has 0 fully saturated rings. The van der Waals surface area contributed by atoms with Crippen LogP contribution in [0.1, 0.15) is 111 Å². The number of allylic oxidation sites excluding steroid dienone is 1. The summed E-state index contributed by atoms with van der Waals surface area (Å²) in [6.07, 6.45) is 14.6. The van der Waals surface area contributed by atoms with Gasteiger partial charge in [-0.3, -0.25) is 5.32 Å². The number of aliphatic imine (C=N–C) groups is 1. The molecule has 2 aromatic carbocycles. The molecule has 0 radical (unpaired) electrons. The van der Waals surface area contributed by atoms with Crippen LogP contribution in [-0.4, -0.2) is 16.3 Å². The van der Waals surface area contributed by atoms with Crippen molar-refractivity contribution < 1.29 is 5.32 Å². The highest BCUT2D eigenvalue weighted by atomic mass is 15.0. The number of quaternary nitrogens is 1. The maximum Gasteiger partial charge on any atom is 0.191 e.